The Morgan fingerprint density at radius 2 is 1.18 bits per heavy atom. The third-order valence-corrected chi connectivity index (χ3v) is 7.84. The van der Waals surface area contributed by atoms with Crippen LogP contribution in [0.25, 0.3) is 71.7 Å². The van der Waals surface area contributed by atoms with E-state index in [1.54, 1.807) is 0 Å². The van der Waals surface area contributed by atoms with Gasteiger partial charge in [0.2, 0.25) is 0 Å². The molecule has 8 rings (SSSR count). The van der Waals surface area contributed by atoms with Crippen molar-refractivity contribution < 1.29 is 4.42 Å². The molecule has 0 radical (unpaired) electrons. The summed E-state index contributed by atoms with van der Waals surface area (Å²) in [5, 5.41) is 4.87. The molecule has 39 heavy (non-hydrogen) atoms. The standard InChI is InChI=1S/C37H25NO/c1-24-19-20-35-33(21-24)30-13-2-4-17-34(30)38(35)28-12-7-10-26(23-28)25-9-6-11-27(22-25)29-15-8-16-32-31-14-3-5-18-36(31)39-37(29)32/h2-23H,1H3. The predicted octanol–water partition coefficient (Wildman–Crippen LogP) is 10.3. The van der Waals surface area contributed by atoms with Crippen LogP contribution in [0.15, 0.2) is 138 Å². The second kappa shape index (κ2) is 8.47. The zero-order valence-corrected chi connectivity index (χ0v) is 21.6. The Labute approximate surface area is 226 Å². The van der Waals surface area contributed by atoms with Crippen molar-refractivity contribution in [2.45, 2.75) is 6.92 Å². The van der Waals surface area contributed by atoms with Gasteiger partial charge in [0.15, 0.2) is 0 Å². The maximum Gasteiger partial charge on any atom is 0.143 e. The van der Waals surface area contributed by atoms with Crippen molar-refractivity contribution in [1.82, 2.24) is 4.57 Å². The second-order valence-corrected chi connectivity index (χ2v) is 10.3. The molecule has 0 saturated heterocycles. The van der Waals surface area contributed by atoms with E-state index in [-0.39, 0.29) is 0 Å². The Morgan fingerprint density at radius 1 is 0.487 bits per heavy atom. The van der Waals surface area contributed by atoms with E-state index in [9.17, 15) is 0 Å². The molecule has 8 aromatic rings. The fourth-order valence-electron chi connectivity index (χ4n) is 6.03. The average Bonchev–Trinajstić information content (AvgIpc) is 3.53. The number of hydrogen-bond donors (Lipinski definition) is 0. The molecule has 0 amide bonds. The third-order valence-electron chi connectivity index (χ3n) is 7.84. The minimum Gasteiger partial charge on any atom is -0.455 e. The van der Waals surface area contributed by atoms with Crippen LogP contribution in [-0.2, 0) is 0 Å². The van der Waals surface area contributed by atoms with E-state index in [4.69, 9.17) is 4.42 Å². The summed E-state index contributed by atoms with van der Waals surface area (Å²) >= 11 is 0. The summed E-state index contributed by atoms with van der Waals surface area (Å²) in [7, 11) is 0. The number of aromatic nitrogens is 1. The molecule has 0 saturated carbocycles. The predicted molar refractivity (Wildman–Crippen MR) is 164 cm³/mol. The minimum absolute atomic E-state index is 0.921. The molecule has 0 spiro atoms. The largest absolute Gasteiger partial charge is 0.455 e. The lowest BCUT2D eigenvalue weighted by Gasteiger charge is -2.11. The molecule has 2 heterocycles. The lowest BCUT2D eigenvalue weighted by atomic mass is 9.97. The smallest absolute Gasteiger partial charge is 0.143 e. The first-order chi connectivity index (χ1) is 19.2. The number of benzene rings is 6. The number of para-hydroxylation sites is 3. The van der Waals surface area contributed by atoms with Crippen LogP contribution < -0.4 is 0 Å². The molecule has 6 aromatic carbocycles. The van der Waals surface area contributed by atoms with Crippen LogP contribution in [0.3, 0.4) is 0 Å². The number of furan rings is 1. The van der Waals surface area contributed by atoms with Crippen LogP contribution in [0.2, 0.25) is 0 Å². The molecule has 0 fully saturated rings. The van der Waals surface area contributed by atoms with Crippen molar-refractivity contribution in [3.63, 3.8) is 0 Å². The molecule has 0 aliphatic heterocycles. The first-order valence-corrected chi connectivity index (χ1v) is 13.4. The second-order valence-electron chi connectivity index (χ2n) is 10.3. The van der Waals surface area contributed by atoms with E-state index < -0.39 is 0 Å². The van der Waals surface area contributed by atoms with Crippen molar-refractivity contribution in [2.75, 3.05) is 0 Å². The molecule has 184 valence electrons. The van der Waals surface area contributed by atoms with Gasteiger partial charge in [0.1, 0.15) is 11.2 Å². The van der Waals surface area contributed by atoms with Crippen LogP contribution in [-0.4, -0.2) is 4.57 Å². The van der Waals surface area contributed by atoms with Gasteiger partial charge in [-0.25, -0.2) is 0 Å². The lowest BCUT2D eigenvalue weighted by molar-refractivity contribution is 0.670. The number of nitrogens with zero attached hydrogens (tertiary/aromatic N) is 1. The fraction of sp³-hybridized carbons (Fsp3) is 0.0270. The van der Waals surface area contributed by atoms with E-state index in [1.807, 2.05) is 12.1 Å². The van der Waals surface area contributed by atoms with Crippen molar-refractivity contribution in [1.29, 1.82) is 0 Å². The number of aryl methyl sites for hydroxylation is 1. The summed E-state index contributed by atoms with van der Waals surface area (Å²) in [5.41, 5.74) is 11.4. The summed E-state index contributed by atoms with van der Waals surface area (Å²) in [6, 6.07) is 47.7. The molecular weight excluding hydrogens is 474 g/mol. The van der Waals surface area contributed by atoms with Gasteiger partial charge in [0, 0.05) is 32.8 Å². The highest BCUT2D eigenvalue weighted by molar-refractivity contribution is 6.10. The highest BCUT2D eigenvalue weighted by Crippen LogP contribution is 2.38. The Bertz CT molecular complexity index is 2190. The van der Waals surface area contributed by atoms with E-state index in [2.05, 4.69) is 133 Å². The highest BCUT2D eigenvalue weighted by atomic mass is 16.3. The molecule has 0 aliphatic carbocycles. The number of rotatable bonds is 3. The van der Waals surface area contributed by atoms with Crippen LogP contribution in [0.5, 0.6) is 0 Å². The summed E-state index contributed by atoms with van der Waals surface area (Å²) in [6.07, 6.45) is 0. The fourth-order valence-corrected chi connectivity index (χ4v) is 6.03. The van der Waals surface area contributed by atoms with E-state index in [1.165, 1.54) is 38.5 Å². The molecule has 2 aromatic heterocycles. The van der Waals surface area contributed by atoms with Gasteiger partial charge in [-0.05, 0) is 66.1 Å². The molecular formula is C37H25NO. The maximum atomic E-state index is 6.34. The van der Waals surface area contributed by atoms with Crippen molar-refractivity contribution in [3.05, 3.63) is 139 Å². The van der Waals surface area contributed by atoms with Gasteiger partial charge in [0.25, 0.3) is 0 Å². The van der Waals surface area contributed by atoms with Gasteiger partial charge in [-0.3, -0.25) is 0 Å². The lowest BCUT2D eigenvalue weighted by Crippen LogP contribution is -1.94. The van der Waals surface area contributed by atoms with Gasteiger partial charge < -0.3 is 8.98 Å². The summed E-state index contributed by atoms with van der Waals surface area (Å²) in [4.78, 5) is 0. The van der Waals surface area contributed by atoms with Crippen LogP contribution in [0, 0.1) is 6.92 Å². The van der Waals surface area contributed by atoms with Crippen LogP contribution in [0.4, 0.5) is 0 Å². The van der Waals surface area contributed by atoms with E-state index >= 15 is 0 Å². The SMILES string of the molecule is Cc1ccc2c(c1)c1ccccc1n2-c1cccc(-c2cccc(-c3cccc4c3oc3ccccc34)c2)c1. The van der Waals surface area contributed by atoms with Gasteiger partial charge in [-0.1, -0.05) is 96.6 Å². The maximum absolute atomic E-state index is 6.34. The van der Waals surface area contributed by atoms with Crippen molar-refractivity contribution in [3.8, 4) is 27.9 Å². The number of hydrogen-bond acceptors (Lipinski definition) is 1. The normalized spacial score (nSPS) is 11.7. The summed E-state index contributed by atoms with van der Waals surface area (Å²) in [5.74, 6) is 0. The quantitative estimate of drug-likeness (QED) is 0.236. The van der Waals surface area contributed by atoms with E-state index in [0.717, 1.165) is 38.8 Å². The molecule has 2 heteroatoms. The monoisotopic (exact) mass is 499 g/mol. The zero-order valence-electron chi connectivity index (χ0n) is 21.6. The molecule has 0 aliphatic rings. The zero-order chi connectivity index (χ0) is 25.9. The summed E-state index contributed by atoms with van der Waals surface area (Å²) in [6.45, 7) is 2.16. The number of fused-ring (bicyclic) bond motifs is 6. The molecule has 2 nitrogen and oxygen atoms in total. The Balaban J connectivity index is 1.28. The molecule has 0 bridgehead atoms. The third kappa shape index (κ3) is 3.42. The average molecular weight is 500 g/mol. The Kier molecular flexibility index (Phi) is 4.77. The van der Waals surface area contributed by atoms with Crippen molar-refractivity contribution >= 4 is 43.7 Å². The molecule has 0 N–H and O–H groups in total. The van der Waals surface area contributed by atoms with Gasteiger partial charge in [0.05, 0.1) is 11.0 Å². The Hall–Kier alpha value is -5.08. The first-order valence-electron chi connectivity index (χ1n) is 13.4. The molecule has 0 atom stereocenters. The van der Waals surface area contributed by atoms with Gasteiger partial charge in [-0.2, -0.15) is 0 Å². The Morgan fingerprint density at radius 3 is 2.10 bits per heavy atom. The first kappa shape index (κ1) is 22.0. The summed E-state index contributed by atoms with van der Waals surface area (Å²) < 4.78 is 8.72. The minimum atomic E-state index is 0.921. The topological polar surface area (TPSA) is 18.1 Å². The van der Waals surface area contributed by atoms with Crippen LogP contribution >= 0.6 is 0 Å². The van der Waals surface area contributed by atoms with Gasteiger partial charge >= 0.3 is 0 Å². The van der Waals surface area contributed by atoms with Gasteiger partial charge in [-0.15, -0.1) is 0 Å². The van der Waals surface area contributed by atoms with Crippen molar-refractivity contribution in [2.24, 2.45) is 0 Å². The molecule has 0 unspecified atom stereocenters. The van der Waals surface area contributed by atoms with Crippen LogP contribution in [0.1, 0.15) is 5.56 Å². The van der Waals surface area contributed by atoms with E-state index in [0.29, 0.717) is 0 Å². The highest BCUT2D eigenvalue weighted by Gasteiger charge is 2.14.